The number of pyridine rings is 1. The quantitative estimate of drug-likeness (QED) is 0.554. The molecule has 6 heteroatoms. The van der Waals surface area contributed by atoms with Gasteiger partial charge >= 0.3 is 0 Å². The molecule has 27 heavy (non-hydrogen) atoms. The number of aryl methyl sites for hydroxylation is 1. The van der Waals surface area contributed by atoms with Crippen LogP contribution < -0.4 is 5.32 Å². The third-order valence-electron chi connectivity index (χ3n) is 4.27. The van der Waals surface area contributed by atoms with Crippen LogP contribution in [0.15, 0.2) is 71.9 Å². The maximum atomic E-state index is 12.2. The second-order valence-electron chi connectivity index (χ2n) is 6.21. The molecule has 0 unspecified atom stereocenters. The van der Waals surface area contributed by atoms with Crippen molar-refractivity contribution in [3.63, 3.8) is 0 Å². The number of amides is 1. The lowest BCUT2D eigenvalue weighted by Gasteiger charge is -2.04. The molecule has 1 N–H and O–H groups in total. The van der Waals surface area contributed by atoms with Crippen molar-refractivity contribution in [2.45, 2.75) is 6.54 Å². The molecule has 0 saturated heterocycles. The van der Waals surface area contributed by atoms with Crippen molar-refractivity contribution < 1.29 is 9.21 Å². The largest absolute Gasteiger partial charge is 0.464 e. The van der Waals surface area contributed by atoms with Gasteiger partial charge in [-0.25, -0.2) is 0 Å². The van der Waals surface area contributed by atoms with Crippen molar-refractivity contribution in [3.05, 3.63) is 78.6 Å². The van der Waals surface area contributed by atoms with E-state index < -0.39 is 0 Å². The number of carbonyl (C=O) groups excluding carboxylic acids is 1. The Hall–Kier alpha value is -3.67. The molecule has 0 atom stereocenters. The Morgan fingerprint density at radius 2 is 2.19 bits per heavy atom. The summed E-state index contributed by atoms with van der Waals surface area (Å²) in [6, 6.07) is 9.67. The first-order chi connectivity index (χ1) is 13.2. The van der Waals surface area contributed by atoms with Gasteiger partial charge in [-0.05, 0) is 41.5 Å². The predicted molar refractivity (Wildman–Crippen MR) is 104 cm³/mol. The van der Waals surface area contributed by atoms with E-state index in [1.54, 1.807) is 35.6 Å². The van der Waals surface area contributed by atoms with Crippen LogP contribution >= 0.6 is 0 Å². The zero-order chi connectivity index (χ0) is 18.6. The van der Waals surface area contributed by atoms with Gasteiger partial charge in [0.1, 0.15) is 5.58 Å². The summed E-state index contributed by atoms with van der Waals surface area (Å²) in [6.07, 6.45) is 12.1. The molecule has 0 spiro atoms. The molecule has 3 aromatic heterocycles. The summed E-state index contributed by atoms with van der Waals surface area (Å²) in [5, 5.41) is 8.11. The summed E-state index contributed by atoms with van der Waals surface area (Å²) in [5.74, 6) is -0.164. The second kappa shape index (κ2) is 7.29. The average Bonchev–Trinajstić information content (AvgIpc) is 3.33. The average molecular weight is 358 g/mol. The third-order valence-corrected chi connectivity index (χ3v) is 4.27. The first-order valence-electron chi connectivity index (χ1n) is 8.54. The lowest BCUT2D eigenvalue weighted by molar-refractivity contribution is -0.116. The van der Waals surface area contributed by atoms with E-state index in [0.717, 1.165) is 33.2 Å². The Kier molecular flexibility index (Phi) is 4.53. The van der Waals surface area contributed by atoms with Gasteiger partial charge < -0.3 is 9.73 Å². The second-order valence-corrected chi connectivity index (χ2v) is 6.21. The van der Waals surface area contributed by atoms with E-state index in [1.165, 1.54) is 6.08 Å². The Morgan fingerprint density at radius 1 is 1.26 bits per heavy atom. The summed E-state index contributed by atoms with van der Waals surface area (Å²) < 4.78 is 7.07. The smallest absolute Gasteiger partial charge is 0.244 e. The van der Waals surface area contributed by atoms with Crippen molar-refractivity contribution >= 4 is 23.0 Å². The van der Waals surface area contributed by atoms with Gasteiger partial charge in [-0.1, -0.05) is 6.07 Å². The summed E-state index contributed by atoms with van der Waals surface area (Å²) in [6.45, 7) is 0.451. The van der Waals surface area contributed by atoms with E-state index >= 15 is 0 Å². The van der Waals surface area contributed by atoms with Gasteiger partial charge in [0.25, 0.3) is 0 Å². The highest BCUT2D eigenvalue weighted by Crippen LogP contribution is 2.23. The molecule has 0 saturated carbocycles. The molecule has 1 amide bonds. The summed E-state index contributed by atoms with van der Waals surface area (Å²) >= 11 is 0. The van der Waals surface area contributed by atoms with Gasteiger partial charge in [0.2, 0.25) is 5.91 Å². The SMILES string of the molecule is Cn1cc(-c2ccncc2/C=C/C(=O)NCc2ccc3occc3c2)cn1. The number of rotatable bonds is 5. The van der Waals surface area contributed by atoms with Gasteiger partial charge in [-0.2, -0.15) is 5.10 Å². The molecule has 1 aromatic carbocycles. The van der Waals surface area contributed by atoms with E-state index in [-0.39, 0.29) is 5.91 Å². The minimum Gasteiger partial charge on any atom is -0.464 e. The molecule has 0 aliphatic carbocycles. The number of hydrogen-bond acceptors (Lipinski definition) is 4. The fraction of sp³-hybridized carbons (Fsp3) is 0.0952. The van der Waals surface area contributed by atoms with Gasteiger partial charge in [0.05, 0.1) is 12.5 Å². The van der Waals surface area contributed by atoms with Gasteiger partial charge in [0, 0.05) is 54.8 Å². The Balaban J connectivity index is 1.44. The summed E-state index contributed by atoms with van der Waals surface area (Å²) in [7, 11) is 1.87. The number of aromatic nitrogens is 3. The number of nitrogens with zero attached hydrogens (tertiary/aromatic N) is 3. The normalized spacial score (nSPS) is 11.3. The zero-order valence-electron chi connectivity index (χ0n) is 14.8. The molecular formula is C21H18N4O2. The van der Waals surface area contributed by atoms with Crippen LogP contribution in [0.5, 0.6) is 0 Å². The van der Waals surface area contributed by atoms with Gasteiger partial charge in [-0.15, -0.1) is 0 Å². The Bertz CT molecular complexity index is 1120. The van der Waals surface area contributed by atoms with Crippen molar-refractivity contribution in [1.29, 1.82) is 0 Å². The first kappa shape index (κ1) is 16.8. The molecule has 0 fully saturated rings. The summed E-state index contributed by atoms with van der Waals surface area (Å²) in [4.78, 5) is 16.4. The van der Waals surface area contributed by atoms with Crippen LogP contribution in [0.2, 0.25) is 0 Å². The molecule has 0 radical (unpaired) electrons. The molecule has 0 bridgehead atoms. The number of nitrogens with one attached hydrogen (secondary N) is 1. The highest BCUT2D eigenvalue weighted by atomic mass is 16.3. The van der Waals surface area contributed by atoms with Crippen molar-refractivity contribution in [2.24, 2.45) is 7.05 Å². The van der Waals surface area contributed by atoms with E-state index in [1.807, 2.05) is 43.6 Å². The first-order valence-corrected chi connectivity index (χ1v) is 8.54. The highest BCUT2D eigenvalue weighted by Gasteiger charge is 2.06. The van der Waals surface area contributed by atoms with Crippen molar-refractivity contribution in [2.75, 3.05) is 0 Å². The molecule has 4 rings (SSSR count). The van der Waals surface area contributed by atoms with Crippen LogP contribution in [0.3, 0.4) is 0 Å². The highest BCUT2D eigenvalue weighted by molar-refractivity contribution is 5.93. The van der Waals surface area contributed by atoms with E-state index in [9.17, 15) is 4.79 Å². The molecule has 0 aliphatic rings. The predicted octanol–water partition coefficient (Wildman–Crippen LogP) is 3.56. The number of hydrogen-bond donors (Lipinski definition) is 1. The number of fused-ring (bicyclic) bond motifs is 1. The van der Waals surface area contributed by atoms with E-state index in [2.05, 4.69) is 15.4 Å². The van der Waals surface area contributed by atoms with Gasteiger partial charge in [0.15, 0.2) is 0 Å². The fourth-order valence-electron chi connectivity index (χ4n) is 2.90. The number of furan rings is 1. The van der Waals surface area contributed by atoms with E-state index in [4.69, 9.17) is 4.42 Å². The number of carbonyl (C=O) groups is 1. The van der Waals surface area contributed by atoms with Crippen LogP contribution in [-0.4, -0.2) is 20.7 Å². The third kappa shape index (κ3) is 3.79. The minimum atomic E-state index is -0.164. The van der Waals surface area contributed by atoms with Crippen LogP contribution in [0.4, 0.5) is 0 Å². The van der Waals surface area contributed by atoms with Crippen molar-refractivity contribution in [3.8, 4) is 11.1 Å². The number of benzene rings is 1. The van der Waals surface area contributed by atoms with E-state index in [0.29, 0.717) is 6.54 Å². The monoisotopic (exact) mass is 358 g/mol. The topological polar surface area (TPSA) is 73.0 Å². The molecule has 134 valence electrons. The Labute approximate surface area is 156 Å². The molecule has 4 aromatic rings. The molecule has 6 nitrogen and oxygen atoms in total. The molecular weight excluding hydrogens is 340 g/mol. The lowest BCUT2D eigenvalue weighted by atomic mass is 10.0. The van der Waals surface area contributed by atoms with Gasteiger partial charge in [-0.3, -0.25) is 14.5 Å². The van der Waals surface area contributed by atoms with Crippen LogP contribution in [0.25, 0.3) is 28.2 Å². The zero-order valence-corrected chi connectivity index (χ0v) is 14.8. The van der Waals surface area contributed by atoms with Crippen LogP contribution in [-0.2, 0) is 18.4 Å². The standard InChI is InChI=1S/C21H18N4O2/c1-25-14-18(13-24-25)19-6-8-22-12-17(19)3-5-21(26)23-11-15-2-4-20-16(10-15)7-9-27-20/h2-10,12-14H,11H2,1H3,(H,23,26)/b5-3+. The molecule has 3 heterocycles. The molecule has 0 aliphatic heterocycles. The Morgan fingerprint density at radius 3 is 3.04 bits per heavy atom. The maximum Gasteiger partial charge on any atom is 0.244 e. The summed E-state index contributed by atoms with van der Waals surface area (Å²) in [5.41, 5.74) is 4.67. The lowest BCUT2D eigenvalue weighted by Crippen LogP contribution is -2.20. The maximum absolute atomic E-state index is 12.2. The van der Waals surface area contributed by atoms with Crippen LogP contribution in [0, 0.1) is 0 Å². The van der Waals surface area contributed by atoms with Crippen LogP contribution in [0.1, 0.15) is 11.1 Å². The minimum absolute atomic E-state index is 0.164. The van der Waals surface area contributed by atoms with Crippen molar-refractivity contribution in [1.82, 2.24) is 20.1 Å². The fourth-order valence-corrected chi connectivity index (χ4v) is 2.90.